The van der Waals surface area contributed by atoms with Gasteiger partial charge in [-0.25, -0.2) is 0 Å². The lowest BCUT2D eigenvalue weighted by Gasteiger charge is -2.10. The van der Waals surface area contributed by atoms with E-state index in [2.05, 4.69) is 36.4 Å². The molecule has 16 heavy (non-hydrogen) atoms. The van der Waals surface area contributed by atoms with Gasteiger partial charge in [0, 0.05) is 6.54 Å². The highest BCUT2D eigenvalue weighted by Crippen LogP contribution is 2.10. The highest BCUT2D eigenvalue weighted by atomic mass is 16.5. The summed E-state index contributed by atoms with van der Waals surface area (Å²) in [5, 5.41) is 3.43. The molecule has 0 amide bonds. The second kappa shape index (κ2) is 7.25. The van der Waals surface area contributed by atoms with Gasteiger partial charge in [-0.05, 0) is 51.3 Å². The summed E-state index contributed by atoms with van der Waals surface area (Å²) in [5.74, 6) is 0.913. The van der Waals surface area contributed by atoms with Crippen LogP contribution < -0.4 is 10.1 Å². The van der Waals surface area contributed by atoms with Gasteiger partial charge in [-0.1, -0.05) is 12.1 Å². The van der Waals surface area contributed by atoms with E-state index in [9.17, 15) is 0 Å². The Kier molecular flexibility index (Phi) is 5.90. The van der Waals surface area contributed by atoms with Gasteiger partial charge in [-0.2, -0.15) is 0 Å². The van der Waals surface area contributed by atoms with Crippen LogP contribution in [0.15, 0.2) is 24.3 Å². The minimum atomic E-state index is 0.913. The monoisotopic (exact) mass is 222 g/mol. The Bertz CT molecular complexity index is 282. The van der Waals surface area contributed by atoms with Gasteiger partial charge in [0.05, 0.1) is 7.11 Å². The average molecular weight is 222 g/mol. The molecule has 3 heteroatoms. The zero-order valence-electron chi connectivity index (χ0n) is 10.5. The molecule has 0 bridgehead atoms. The van der Waals surface area contributed by atoms with Crippen LogP contribution in [-0.2, 0) is 6.54 Å². The third-order valence-corrected chi connectivity index (χ3v) is 2.45. The molecule has 3 nitrogen and oxygen atoms in total. The van der Waals surface area contributed by atoms with Crippen LogP contribution in [-0.4, -0.2) is 39.2 Å². The van der Waals surface area contributed by atoms with Crippen LogP contribution in [0.1, 0.15) is 12.0 Å². The Balaban J connectivity index is 2.16. The first-order valence-corrected chi connectivity index (χ1v) is 5.71. The van der Waals surface area contributed by atoms with Crippen molar-refractivity contribution in [2.75, 3.05) is 34.3 Å². The Morgan fingerprint density at radius 1 is 1.19 bits per heavy atom. The normalized spacial score (nSPS) is 10.8. The highest BCUT2D eigenvalue weighted by molar-refractivity contribution is 5.26. The van der Waals surface area contributed by atoms with E-state index in [1.165, 1.54) is 12.0 Å². The van der Waals surface area contributed by atoms with Crippen molar-refractivity contribution in [2.45, 2.75) is 13.0 Å². The van der Waals surface area contributed by atoms with Crippen LogP contribution in [0.2, 0.25) is 0 Å². The molecule has 0 atom stereocenters. The standard InChI is InChI=1S/C13H22N2O/c1-15(2)10-4-9-14-11-12-5-7-13(16-3)8-6-12/h5-8,14H,4,9-11H2,1-3H3. The molecule has 0 fully saturated rings. The molecule has 0 saturated heterocycles. The SMILES string of the molecule is COc1ccc(CNCCCN(C)C)cc1. The molecule has 1 aromatic carbocycles. The van der Waals surface area contributed by atoms with Gasteiger partial charge in [0.15, 0.2) is 0 Å². The molecule has 0 aliphatic heterocycles. The molecular formula is C13H22N2O. The smallest absolute Gasteiger partial charge is 0.118 e. The number of benzene rings is 1. The van der Waals surface area contributed by atoms with Gasteiger partial charge < -0.3 is 15.0 Å². The van der Waals surface area contributed by atoms with Crippen LogP contribution in [0.3, 0.4) is 0 Å². The van der Waals surface area contributed by atoms with Crippen molar-refractivity contribution in [3.05, 3.63) is 29.8 Å². The van der Waals surface area contributed by atoms with Crippen LogP contribution in [0.25, 0.3) is 0 Å². The molecule has 0 heterocycles. The van der Waals surface area contributed by atoms with Gasteiger partial charge in [-0.3, -0.25) is 0 Å². The van der Waals surface area contributed by atoms with E-state index in [1.54, 1.807) is 7.11 Å². The average Bonchev–Trinajstić information content (AvgIpc) is 2.29. The van der Waals surface area contributed by atoms with Gasteiger partial charge in [0.2, 0.25) is 0 Å². The second-order valence-electron chi connectivity index (χ2n) is 4.18. The lowest BCUT2D eigenvalue weighted by atomic mass is 10.2. The summed E-state index contributed by atoms with van der Waals surface area (Å²) in [6.07, 6.45) is 1.18. The Morgan fingerprint density at radius 3 is 2.44 bits per heavy atom. The molecular weight excluding hydrogens is 200 g/mol. The van der Waals surface area contributed by atoms with Crippen molar-refractivity contribution in [3.63, 3.8) is 0 Å². The molecule has 1 aromatic rings. The first-order chi connectivity index (χ1) is 7.72. The van der Waals surface area contributed by atoms with Gasteiger partial charge in [0.25, 0.3) is 0 Å². The number of methoxy groups -OCH3 is 1. The Hall–Kier alpha value is -1.06. The fraction of sp³-hybridized carbons (Fsp3) is 0.538. The van der Waals surface area contributed by atoms with Crippen molar-refractivity contribution in [2.24, 2.45) is 0 Å². The predicted octanol–water partition coefficient (Wildman–Crippen LogP) is 1.74. The Morgan fingerprint density at radius 2 is 1.88 bits per heavy atom. The van der Waals surface area contributed by atoms with Crippen molar-refractivity contribution in [1.82, 2.24) is 10.2 Å². The lowest BCUT2D eigenvalue weighted by molar-refractivity contribution is 0.394. The minimum Gasteiger partial charge on any atom is -0.497 e. The van der Waals surface area contributed by atoms with E-state index in [0.717, 1.165) is 25.4 Å². The van der Waals surface area contributed by atoms with Crippen LogP contribution in [0, 0.1) is 0 Å². The van der Waals surface area contributed by atoms with E-state index in [-0.39, 0.29) is 0 Å². The van der Waals surface area contributed by atoms with Gasteiger partial charge in [0.1, 0.15) is 5.75 Å². The van der Waals surface area contributed by atoms with E-state index in [4.69, 9.17) is 4.74 Å². The number of hydrogen-bond donors (Lipinski definition) is 1. The second-order valence-corrected chi connectivity index (χ2v) is 4.18. The largest absolute Gasteiger partial charge is 0.497 e. The van der Waals surface area contributed by atoms with Crippen molar-refractivity contribution in [1.29, 1.82) is 0 Å². The molecule has 0 saturated carbocycles. The minimum absolute atomic E-state index is 0.913. The topological polar surface area (TPSA) is 24.5 Å². The molecule has 0 aliphatic rings. The summed E-state index contributed by atoms with van der Waals surface area (Å²) < 4.78 is 5.11. The van der Waals surface area contributed by atoms with Crippen LogP contribution in [0.5, 0.6) is 5.75 Å². The van der Waals surface area contributed by atoms with Crippen LogP contribution >= 0.6 is 0 Å². The third-order valence-electron chi connectivity index (χ3n) is 2.45. The highest BCUT2D eigenvalue weighted by Gasteiger charge is 1.94. The lowest BCUT2D eigenvalue weighted by Crippen LogP contribution is -2.20. The first kappa shape index (κ1) is 13.0. The molecule has 1 N–H and O–H groups in total. The first-order valence-electron chi connectivity index (χ1n) is 5.71. The molecule has 0 aliphatic carbocycles. The molecule has 0 unspecified atom stereocenters. The van der Waals surface area contributed by atoms with E-state index in [0.29, 0.717) is 0 Å². The third kappa shape index (κ3) is 5.14. The zero-order chi connectivity index (χ0) is 11.8. The zero-order valence-corrected chi connectivity index (χ0v) is 10.5. The quantitative estimate of drug-likeness (QED) is 0.711. The predicted molar refractivity (Wildman–Crippen MR) is 67.9 cm³/mol. The summed E-state index contributed by atoms with van der Waals surface area (Å²) in [5.41, 5.74) is 1.30. The fourth-order valence-electron chi connectivity index (χ4n) is 1.50. The molecule has 0 aromatic heterocycles. The van der Waals surface area contributed by atoms with E-state index < -0.39 is 0 Å². The van der Waals surface area contributed by atoms with Crippen molar-refractivity contribution in [3.8, 4) is 5.75 Å². The number of ether oxygens (including phenoxy) is 1. The number of rotatable bonds is 7. The van der Waals surface area contributed by atoms with Crippen LogP contribution in [0.4, 0.5) is 0 Å². The molecule has 0 radical (unpaired) electrons. The summed E-state index contributed by atoms with van der Waals surface area (Å²) in [7, 11) is 5.89. The maximum atomic E-state index is 5.11. The maximum absolute atomic E-state index is 5.11. The Labute approximate surface area is 98.4 Å². The summed E-state index contributed by atoms with van der Waals surface area (Å²) in [6.45, 7) is 3.12. The summed E-state index contributed by atoms with van der Waals surface area (Å²) in [4.78, 5) is 2.20. The molecule has 0 spiro atoms. The number of nitrogens with zero attached hydrogens (tertiary/aromatic N) is 1. The molecule has 1 rings (SSSR count). The molecule has 90 valence electrons. The van der Waals surface area contributed by atoms with E-state index >= 15 is 0 Å². The van der Waals surface area contributed by atoms with E-state index in [1.807, 2.05) is 12.1 Å². The summed E-state index contributed by atoms with van der Waals surface area (Å²) >= 11 is 0. The van der Waals surface area contributed by atoms with Gasteiger partial charge in [-0.15, -0.1) is 0 Å². The van der Waals surface area contributed by atoms with Gasteiger partial charge >= 0.3 is 0 Å². The summed E-state index contributed by atoms with van der Waals surface area (Å²) in [6, 6.07) is 8.18. The maximum Gasteiger partial charge on any atom is 0.118 e. The number of hydrogen-bond acceptors (Lipinski definition) is 3. The fourth-order valence-corrected chi connectivity index (χ4v) is 1.50. The van der Waals surface area contributed by atoms with Crippen molar-refractivity contribution < 1.29 is 4.74 Å². The van der Waals surface area contributed by atoms with Crippen molar-refractivity contribution >= 4 is 0 Å². The number of nitrogens with one attached hydrogen (secondary N) is 1.